The van der Waals surface area contributed by atoms with Crippen LogP contribution >= 0.6 is 0 Å². The molecule has 0 aromatic heterocycles. The molecule has 0 aromatic carbocycles. The van der Waals surface area contributed by atoms with Crippen LogP contribution < -0.4 is 5.32 Å². The number of rotatable bonds is 1. The Kier molecular flexibility index (Phi) is 2.26. The van der Waals surface area contributed by atoms with E-state index in [0.29, 0.717) is 0 Å². The maximum absolute atomic E-state index is 11.0. The van der Waals surface area contributed by atoms with Gasteiger partial charge in [0.2, 0.25) is 0 Å². The summed E-state index contributed by atoms with van der Waals surface area (Å²) in [6.07, 6.45) is 6.30. The van der Waals surface area contributed by atoms with Gasteiger partial charge in [-0.2, -0.15) is 0 Å². The standard InChI is InChI=1S/C9H11NO/c1-7-3-5-8(6-4-7)9(11)10-2/h3,5-6H,1,4H2,2H3,(H,10,11). The van der Waals surface area contributed by atoms with E-state index in [1.165, 1.54) is 0 Å². The summed E-state index contributed by atoms with van der Waals surface area (Å²) in [5, 5.41) is 2.56. The van der Waals surface area contributed by atoms with Crippen LogP contribution in [0.1, 0.15) is 6.42 Å². The molecule has 0 heterocycles. The van der Waals surface area contributed by atoms with Crippen molar-refractivity contribution in [2.24, 2.45) is 0 Å². The van der Waals surface area contributed by atoms with E-state index < -0.39 is 0 Å². The first-order valence-electron chi connectivity index (χ1n) is 3.52. The fraction of sp³-hybridized carbons (Fsp3) is 0.222. The zero-order valence-corrected chi connectivity index (χ0v) is 6.55. The van der Waals surface area contributed by atoms with Crippen LogP contribution in [0.2, 0.25) is 0 Å². The Morgan fingerprint density at radius 1 is 1.64 bits per heavy atom. The summed E-state index contributed by atoms with van der Waals surface area (Å²) in [4.78, 5) is 11.0. The average molecular weight is 149 g/mol. The van der Waals surface area contributed by atoms with Crippen LogP contribution in [0.25, 0.3) is 0 Å². The molecule has 0 saturated heterocycles. The van der Waals surface area contributed by atoms with Crippen molar-refractivity contribution in [1.82, 2.24) is 5.32 Å². The molecule has 1 aliphatic carbocycles. The van der Waals surface area contributed by atoms with Crippen molar-refractivity contribution in [2.45, 2.75) is 6.42 Å². The third kappa shape index (κ3) is 1.80. The highest BCUT2D eigenvalue weighted by Gasteiger charge is 2.05. The number of carbonyl (C=O) groups excluding carboxylic acids is 1. The topological polar surface area (TPSA) is 29.1 Å². The SMILES string of the molecule is C=C1C=CC(C(=O)NC)=CC1. The molecule has 1 aliphatic rings. The number of allylic oxidation sites excluding steroid dienone is 3. The molecule has 0 spiro atoms. The number of hydrogen-bond donors (Lipinski definition) is 1. The van der Waals surface area contributed by atoms with Crippen molar-refractivity contribution in [3.63, 3.8) is 0 Å². The van der Waals surface area contributed by atoms with E-state index in [2.05, 4.69) is 11.9 Å². The fourth-order valence-corrected chi connectivity index (χ4v) is 0.897. The maximum atomic E-state index is 11.0. The Balaban J connectivity index is 2.70. The van der Waals surface area contributed by atoms with Gasteiger partial charge in [0.15, 0.2) is 0 Å². The largest absolute Gasteiger partial charge is 0.355 e. The van der Waals surface area contributed by atoms with Crippen molar-refractivity contribution in [3.05, 3.63) is 36.0 Å². The third-order valence-corrected chi connectivity index (χ3v) is 1.57. The normalized spacial score (nSPS) is 16.1. The second-order valence-electron chi connectivity index (χ2n) is 2.43. The molecule has 11 heavy (non-hydrogen) atoms. The van der Waals surface area contributed by atoms with Crippen molar-refractivity contribution < 1.29 is 4.79 Å². The molecule has 2 heteroatoms. The minimum Gasteiger partial charge on any atom is -0.355 e. The lowest BCUT2D eigenvalue weighted by Gasteiger charge is -2.05. The van der Waals surface area contributed by atoms with E-state index in [0.717, 1.165) is 17.6 Å². The average Bonchev–Trinajstić information content (AvgIpc) is 2.05. The lowest BCUT2D eigenvalue weighted by atomic mass is 10.0. The lowest BCUT2D eigenvalue weighted by Crippen LogP contribution is -2.19. The van der Waals surface area contributed by atoms with Crippen LogP contribution in [0.3, 0.4) is 0 Å². The molecular formula is C9H11NO. The van der Waals surface area contributed by atoms with Crippen LogP contribution in [-0.4, -0.2) is 13.0 Å². The molecule has 0 radical (unpaired) electrons. The van der Waals surface area contributed by atoms with Crippen LogP contribution in [0.15, 0.2) is 36.0 Å². The van der Waals surface area contributed by atoms with Crippen molar-refractivity contribution in [1.29, 1.82) is 0 Å². The van der Waals surface area contributed by atoms with Crippen LogP contribution in [0, 0.1) is 0 Å². The number of likely N-dealkylation sites (N-methyl/N-ethyl adjacent to an activating group) is 1. The molecule has 0 bridgehead atoms. The van der Waals surface area contributed by atoms with Gasteiger partial charge >= 0.3 is 0 Å². The molecule has 0 fully saturated rings. The first-order chi connectivity index (χ1) is 5.24. The lowest BCUT2D eigenvalue weighted by molar-refractivity contribution is -0.116. The Hall–Kier alpha value is -1.31. The summed E-state index contributed by atoms with van der Waals surface area (Å²) < 4.78 is 0. The molecule has 0 aliphatic heterocycles. The van der Waals surface area contributed by atoms with Gasteiger partial charge in [-0.1, -0.05) is 24.3 Å². The molecule has 1 N–H and O–H groups in total. The van der Waals surface area contributed by atoms with E-state index >= 15 is 0 Å². The zero-order valence-electron chi connectivity index (χ0n) is 6.55. The predicted molar refractivity (Wildman–Crippen MR) is 45.0 cm³/mol. The molecule has 0 aromatic rings. The fourth-order valence-electron chi connectivity index (χ4n) is 0.897. The quantitative estimate of drug-likeness (QED) is 0.595. The highest BCUT2D eigenvalue weighted by atomic mass is 16.1. The van der Waals surface area contributed by atoms with Gasteiger partial charge in [-0.3, -0.25) is 4.79 Å². The first-order valence-corrected chi connectivity index (χ1v) is 3.52. The Morgan fingerprint density at radius 3 is 2.82 bits per heavy atom. The molecule has 2 nitrogen and oxygen atoms in total. The Bertz CT molecular complexity index is 248. The van der Waals surface area contributed by atoms with Gasteiger partial charge in [-0.05, 0) is 12.5 Å². The third-order valence-electron chi connectivity index (χ3n) is 1.57. The number of amides is 1. The van der Waals surface area contributed by atoms with Gasteiger partial charge in [-0.25, -0.2) is 0 Å². The Morgan fingerprint density at radius 2 is 2.36 bits per heavy atom. The zero-order chi connectivity index (χ0) is 8.27. The smallest absolute Gasteiger partial charge is 0.250 e. The van der Waals surface area contributed by atoms with E-state index in [1.54, 1.807) is 13.1 Å². The highest BCUT2D eigenvalue weighted by molar-refractivity contribution is 5.96. The molecule has 0 unspecified atom stereocenters. The summed E-state index contributed by atoms with van der Waals surface area (Å²) in [5.41, 5.74) is 1.76. The minimum atomic E-state index is -0.0336. The summed E-state index contributed by atoms with van der Waals surface area (Å²) >= 11 is 0. The monoisotopic (exact) mass is 149 g/mol. The van der Waals surface area contributed by atoms with Crippen molar-refractivity contribution in [3.8, 4) is 0 Å². The molecule has 58 valence electrons. The first kappa shape index (κ1) is 7.79. The summed E-state index contributed by atoms with van der Waals surface area (Å²) in [5.74, 6) is -0.0336. The highest BCUT2D eigenvalue weighted by Crippen LogP contribution is 2.12. The Labute approximate surface area is 66.3 Å². The second kappa shape index (κ2) is 3.19. The van der Waals surface area contributed by atoms with Crippen molar-refractivity contribution >= 4 is 5.91 Å². The van der Waals surface area contributed by atoms with E-state index in [4.69, 9.17) is 0 Å². The van der Waals surface area contributed by atoms with E-state index in [1.807, 2.05) is 12.2 Å². The van der Waals surface area contributed by atoms with Crippen LogP contribution in [0.4, 0.5) is 0 Å². The summed E-state index contributed by atoms with van der Waals surface area (Å²) in [6.45, 7) is 3.77. The maximum Gasteiger partial charge on any atom is 0.250 e. The molecule has 0 atom stereocenters. The van der Waals surface area contributed by atoms with Gasteiger partial charge in [0, 0.05) is 12.6 Å². The van der Waals surface area contributed by atoms with Crippen LogP contribution in [0.5, 0.6) is 0 Å². The number of nitrogens with one attached hydrogen (secondary N) is 1. The number of carbonyl (C=O) groups is 1. The molecule has 1 rings (SSSR count). The van der Waals surface area contributed by atoms with Gasteiger partial charge < -0.3 is 5.32 Å². The number of hydrogen-bond acceptors (Lipinski definition) is 1. The predicted octanol–water partition coefficient (Wildman–Crippen LogP) is 1.17. The van der Waals surface area contributed by atoms with E-state index in [-0.39, 0.29) is 5.91 Å². The molecular weight excluding hydrogens is 138 g/mol. The van der Waals surface area contributed by atoms with Gasteiger partial charge in [0.1, 0.15) is 0 Å². The second-order valence-corrected chi connectivity index (χ2v) is 2.43. The summed E-state index contributed by atoms with van der Waals surface area (Å²) in [6, 6.07) is 0. The summed E-state index contributed by atoms with van der Waals surface area (Å²) in [7, 11) is 1.63. The van der Waals surface area contributed by atoms with Crippen LogP contribution in [-0.2, 0) is 4.79 Å². The molecule has 1 amide bonds. The van der Waals surface area contributed by atoms with Gasteiger partial charge in [-0.15, -0.1) is 0 Å². The van der Waals surface area contributed by atoms with Gasteiger partial charge in [0.05, 0.1) is 0 Å². The van der Waals surface area contributed by atoms with Gasteiger partial charge in [0.25, 0.3) is 5.91 Å². The van der Waals surface area contributed by atoms with Crippen molar-refractivity contribution in [2.75, 3.05) is 7.05 Å². The van der Waals surface area contributed by atoms with E-state index in [9.17, 15) is 4.79 Å². The molecule has 0 saturated carbocycles. The minimum absolute atomic E-state index is 0.0336.